The SMILES string of the molecule is O=C(Nc1cccc(OC2CCCC2)c1)C1=NN(c2ccccc2)C(=O)CC1. The third-order valence-electron chi connectivity index (χ3n) is 4.99. The maximum atomic E-state index is 12.7. The molecule has 1 aliphatic carbocycles. The fraction of sp³-hybridized carbons (Fsp3) is 0.318. The van der Waals surface area contributed by atoms with Gasteiger partial charge in [-0.1, -0.05) is 24.3 Å². The molecular weight excluding hydrogens is 354 g/mol. The summed E-state index contributed by atoms with van der Waals surface area (Å²) in [6.07, 6.45) is 5.42. The molecule has 1 fully saturated rings. The Morgan fingerprint density at radius 3 is 2.61 bits per heavy atom. The van der Waals surface area contributed by atoms with Gasteiger partial charge in [0.05, 0.1) is 11.8 Å². The van der Waals surface area contributed by atoms with Gasteiger partial charge in [-0.05, 0) is 49.9 Å². The quantitative estimate of drug-likeness (QED) is 0.852. The van der Waals surface area contributed by atoms with Gasteiger partial charge in [-0.2, -0.15) is 5.10 Å². The van der Waals surface area contributed by atoms with E-state index in [0.29, 0.717) is 23.5 Å². The second kappa shape index (κ2) is 8.25. The van der Waals surface area contributed by atoms with Gasteiger partial charge in [0, 0.05) is 24.6 Å². The number of benzene rings is 2. The van der Waals surface area contributed by atoms with Gasteiger partial charge in [0.1, 0.15) is 11.5 Å². The largest absolute Gasteiger partial charge is 0.490 e. The van der Waals surface area contributed by atoms with Gasteiger partial charge in [0.2, 0.25) is 5.91 Å². The molecule has 0 spiro atoms. The van der Waals surface area contributed by atoms with E-state index in [2.05, 4.69) is 10.4 Å². The molecular formula is C22H23N3O3. The van der Waals surface area contributed by atoms with Gasteiger partial charge in [-0.3, -0.25) is 9.59 Å². The Bertz CT molecular complexity index is 889. The summed E-state index contributed by atoms with van der Waals surface area (Å²) in [7, 11) is 0. The number of hydrogen-bond acceptors (Lipinski definition) is 4. The number of rotatable bonds is 5. The summed E-state index contributed by atoms with van der Waals surface area (Å²) in [4.78, 5) is 24.9. The highest BCUT2D eigenvalue weighted by Gasteiger charge is 2.25. The van der Waals surface area contributed by atoms with Crippen molar-refractivity contribution in [3.63, 3.8) is 0 Å². The number of anilines is 2. The number of hydrazone groups is 1. The predicted octanol–water partition coefficient (Wildman–Crippen LogP) is 4.13. The first-order valence-corrected chi connectivity index (χ1v) is 9.72. The van der Waals surface area contributed by atoms with Crippen molar-refractivity contribution in [2.45, 2.75) is 44.6 Å². The summed E-state index contributed by atoms with van der Waals surface area (Å²) in [6.45, 7) is 0. The average Bonchev–Trinajstić information content (AvgIpc) is 3.22. The Morgan fingerprint density at radius 1 is 1.04 bits per heavy atom. The molecule has 0 saturated heterocycles. The highest BCUT2D eigenvalue weighted by atomic mass is 16.5. The smallest absolute Gasteiger partial charge is 0.271 e. The van der Waals surface area contributed by atoms with Crippen LogP contribution in [-0.2, 0) is 9.59 Å². The van der Waals surface area contributed by atoms with Crippen molar-refractivity contribution in [1.29, 1.82) is 0 Å². The molecule has 0 bridgehead atoms. The van der Waals surface area contributed by atoms with Crippen molar-refractivity contribution in [1.82, 2.24) is 0 Å². The van der Waals surface area contributed by atoms with E-state index in [1.54, 1.807) is 12.1 Å². The number of para-hydroxylation sites is 1. The summed E-state index contributed by atoms with van der Waals surface area (Å²) < 4.78 is 6.00. The molecule has 2 aromatic carbocycles. The van der Waals surface area contributed by atoms with E-state index in [9.17, 15) is 9.59 Å². The predicted molar refractivity (Wildman–Crippen MR) is 109 cm³/mol. The molecule has 144 valence electrons. The van der Waals surface area contributed by atoms with E-state index in [4.69, 9.17) is 4.74 Å². The first kappa shape index (κ1) is 18.2. The monoisotopic (exact) mass is 377 g/mol. The second-order valence-electron chi connectivity index (χ2n) is 7.09. The number of nitrogens with zero attached hydrogens (tertiary/aromatic N) is 2. The summed E-state index contributed by atoms with van der Waals surface area (Å²) in [5.41, 5.74) is 1.65. The van der Waals surface area contributed by atoms with Crippen molar-refractivity contribution in [2.75, 3.05) is 10.3 Å². The third kappa shape index (κ3) is 4.22. The van der Waals surface area contributed by atoms with Gasteiger partial charge < -0.3 is 10.1 Å². The van der Waals surface area contributed by atoms with Crippen LogP contribution in [0.2, 0.25) is 0 Å². The van der Waals surface area contributed by atoms with Gasteiger partial charge in [-0.15, -0.1) is 0 Å². The fourth-order valence-electron chi connectivity index (χ4n) is 3.54. The number of carbonyl (C=O) groups excluding carboxylic acids is 2. The summed E-state index contributed by atoms with van der Waals surface area (Å²) in [6, 6.07) is 16.6. The van der Waals surface area contributed by atoms with Crippen LogP contribution >= 0.6 is 0 Å². The van der Waals surface area contributed by atoms with Crippen LogP contribution in [0.3, 0.4) is 0 Å². The highest BCUT2D eigenvalue weighted by molar-refractivity contribution is 6.44. The van der Waals surface area contributed by atoms with Crippen LogP contribution in [0.1, 0.15) is 38.5 Å². The van der Waals surface area contributed by atoms with Gasteiger partial charge >= 0.3 is 0 Å². The minimum absolute atomic E-state index is 0.116. The van der Waals surface area contributed by atoms with Gasteiger partial charge in [-0.25, -0.2) is 5.01 Å². The number of carbonyl (C=O) groups is 2. The number of hydrogen-bond donors (Lipinski definition) is 1. The van der Waals surface area contributed by atoms with E-state index >= 15 is 0 Å². The van der Waals surface area contributed by atoms with Gasteiger partial charge in [0.15, 0.2) is 0 Å². The van der Waals surface area contributed by atoms with Crippen LogP contribution in [0.4, 0.5) is 11.4 Å². The molecule has 0 aromatic heterocycles. The zero-order chi connectivity index (χ0) is 19.3. The Morgan fingerprint density at radius 2 is 1.82 bits per heavy atom. The number of amides is 2. The fourth-order valence-corrected chi connectivity index (χ4v) is 3.54. The molecule has 0 atom stereocenters. The Labute approximate surface area is 164 Å². The van der Waals surface area contributed by atoms with E-state index in [-0.39, 0.29) is 24.3 Å². The number of ether oxygens (including phenoxy) is 1. The first-order chi connectivity index (χ1) is 13.7. The third-order valence-corrected chi connectivity index (χ3v) is 4.99. The van der Waals surface area contributed by atoms with Crippen molar-refractivity contribution in [3.05, 3.63) is 54.6 Å². The lowest BCUT2D eigenvalue weighted by molar-refractivity contribution is -0.118. The van der Waals surface area contributed by atoms with Crippen LogP contribution in [0.15, 0.2) is 59.7 Å². The average molecular weight is 377 g/mol. The van der Waals surface area contributed by atoms with E-state index in [0.717, 1.165) is 18.6 Å². The second-order valence-corrected chi connectivity index (χ2v) is 7.09. The molecule has 6 nitrogen and oxygen atoms in total. The first-order valence-electron chi connectivity index (χ1n) is 9.72. The van der Waals surface area contributed by atoms with Gasteiger partial charge in [0.25, 0.3) is 5.91 Å². The maximum Gasteiger partial charge on any atom is 0.271 e. The zero-order valence-electron chi connectivity index (χ0n) is 15.6. The summed E-state index contributed by atoms with van der Waals surface area (Å²) in [5, 5.41) is 8.47. The minimum Gasteiger partial charge on any atom is -0.490 e. The topological polar surface area (TPSA) is 71.0 Å². The standard InChI is InChI=1S/C22H23N3O3/c26-21-14-13-20(24-25(21)17-8-2-1-3-9-17)22(27)23-16-7-6-12-19(15-16)28-18-10-4-5-11-18/h1-3,6-9,12,15,18H,4-5,10-11,13-14H2,(H,23,27). The molecule has 28 heavy (non-hydrogen) atoms. The lowest BCUT2D eigenvalue weighted by atomic mass is 10.1. The summed E-state index contributed by atoms with van der Waals surface area (Å²) >= 11 is 0. The Hall–Kier alpha value is -3.15. The lowest BCUT2D eigenvalue weighted by Gasteiger charge is -2.23. The molecule has 2 aromatic rings. The van der Waals surface area contributed by atoms with Crippen molar-refractivity contribution in [2.24, 2.45) is 5.10 Å². The molecule has 4 rings (SSSR count). The van der Waals surface area contributed by atoms with Crippen molar-refractivity contribution in [3.8, 4) is 5.75 Å². The van der Waals surface area contributed by atoms with E-state index < -0.39 is 0 Å². The molecule has 0 unspecified atom stereocenters. The molecule has 0 radical (unpaired) electrons. The minimum atomic E-state index is -0.300. The molecule has 1 saturated carbocycles. The van der Waals surface area contributed by atoms with Crippen LogP contribution < -0.4 is 15.1 Å². The van der Waals surface area contributed by atoms with Crippen LogP contribution in [-0.4, -0.2) is 23.6 Å². The Kier molecular flexibility index (Phi) is 5.37. The van der Waals surface area contributed by atoms with E-state index in [1.165, 1.54) is 17.9 Å². The summed E-state index contributed by atoms with van der Waals surface area (Å²) in [5.74, 6) is 0.345. The van der Waals surface area contributed by atoms with Crippen LogP contribution in [0, 0.1) is 0 Å². The molecule has 6 heteroatoms. The van der Waals surface area contributed by atoms with Crippen molar-refractivity contribution >= 4 is 28.9 Å². The number of nitrogens with one attached hydrogen (secondary N) is 1. The molecule has 1 N–H and O–H groups in total. The highest BCUT2D eigenvalue weighted by Crippen LogP contribution is 2.26. The lowest BCUT2D eigenvalue weighted by Crippen LogP contribution is -2.36. The molecule has 1 heterocycles. The van der Waals surface area contributed by atoms with E-state index in [1.807, 2.05) is 42.5 Å². The van der Waals surface area contributed by atoms with Crippen LogP contribution in [0.5, 0.6) is 5.75 Å². The molecule has 1 aliphatic heterocycles. The van der Waals surface area contributed by atoms with Crippen LogP contribution in [0.25, 0.3) is 0 Å². The van der Waals surface area contributed by atoms with Crippen molar-refractivity contribution < 1.29 is 14.3 Å². The normalized spacial score (nSPS) is 17.4. The molecule has 2 amide bonds. The zero-order valence-corrected chi connectivity index (χ0v) is 15.6. The maximum absolute atomic E-state index is 12.7. The molecule has 2 aliphatic rings. The Balaban J connectivity index is 1.46.